The standard InChI is InChI=1S/C26H36N2O2/c1-20(2)26(19-27,23-11-8-7-10-21(23)3)15-9-16-28(4)17-14-22-12-13-24(29-5)25(18-22)30-6/h7-8,10-13,18,20H,9,14-17H2,1-6H3. The number of nitrogens with zero attached hydrogens (tertiary/aromatic N) is 2. The van der Waals surface area contributed by atoms with E-state index in [0.717, 1.165) is 43.9 Å². The number of hydrogen-bond acceptors (Lipinski definition) is 4. The second kappa shape index (κ2) is 11.0. The van der Waals surface area contributed by atoms with Crippen LogP contribution in [0.1, 0.15) is 43.4 Å². The van der Waals surface area contributed by atoms with Crippen LogP contribution < -0.4 is 9.47 Å². The van der Waals surface area contributed by atoms with E-state index >= 15 is 0 Å². The van der Waals surface area contributed by atoms with E-state index in [1.807, 2.05) is 24.3 Å². The van der Waals surface area contributed by atoms with Crippen molar-refractivity contribution in [1.29, 1.82) is 5.26 Å². The average molecular weight is 409 g/mol. The molecule has 0 aliphatic carbocycles. The Morgan fingerprint density at radius 3 is 2.33 bits per heavy atom. The lowest BCUT2D eigenvalue weighted by Gasteiger charge is -2.33. The van der Waals surface area contributed by atoms with E-state index in [0.29, 0.717) is 0 Å². The van der Waals surface area contributed by atoms with Gasteiger partial charge in [-0.15, -0.1) is 0 Å². The van der Waals surface area contributed by atoms with Crippen LogP contribution in [0.15, 0.2) is 42.5 Å². The lowest BCUT2D eigenvalue weighted by Crippen LogP contribution is -2.33. The highest BCUT2D eigenvalue weighted by atomic mass is 16.5. The molecule has 0 spiro atoms. The van der Waals surface area contributed by atoms with Crippen molar-refractivity contribution in [3.63, 3.8) is 0 Å². The highest BCUT2D eigenvalue weighted by Crippen LogP contribution is 2.38. The first-order valence-electron chi connectivity index (χ1n) is 10.7. The Kier molecular flexibility index (Phi) is 8.74. The minimum atomic E-state index is -0.435. The molecule has 0 aromatic heterocycles. The van der Waals surface area contributed by atoms with Crippen molar-refractivity contribution in [2.75, 3.05) is 34.4 Å². The van der Waals surface area contributed by atoms with Gasteiger partial charge >= 0.3 is 0 Å². The zero-order chi connectivity index (χ0) is 22.1. The summed E-state index contributed by atoms with van der Waals surface area (Å²) in [5, 5.41) is 10.1. The maximum atomic E-state index is 10.1. The molecule has 1 atom stereocenters. The van der Waals surface area contributed by atoms with Crippen LogP contribution in [-0.4, -0.2) is 39.3 Å². The number of likely N-dealkylation sites (N-methyl/N-ethyl adjacent to an activating group) is 1. The Bertz CT molecular complexity index is 856. The van der Waals surface area contributed by atoms with Crippen LogP contribution in [0.4, 0.5) is 0 Å². The summed E-state index contributed by atoms with van der Waals surface area (Å²) >= 11 is 0. The Labute approximate surface area is 182 Å². The van der Waals surface area contributed by atoms with Crippen molar-refractivity contribution in [2.24, 2.45) is 5.92 Å². The highest BCUT2D eigenvalue weighted by molar-refractivity contribution is 5.43. The molecule has 1 unspecified atom stereocenters. The number of nitriles is 1. The summed E-state index contributed by atoms with van der Waals surface area (Å²) in [6.07, 6.45) is 2.80. The third kappa shape index (κ3) is 5.55. The second-order valence-electron chi connectivity index (χ2n) is 8.40. The monoisotopic (exact) mass is 408 g/mol. The topological polar surface area (TPSA) is 45.5 Å². The predicted molar refractivity (Wildman–Crippen MR) is 123 cm³/mol. The van der Waals surface area contributed by atoms with Gasteiger partial charge in [-0.3, -0.25) is 0 Å². The first kappa shape index (κ1) is 23.8. The fourth-order valence-corrected chi connectivity index (χ4v) is 4.15. The van der Waals surface area contributed by atoms with Crippen molar-refractivity contribution >= 4 is 0 Å². The molecule has 0 amide bonds. The van der Waals surface area contributed by atoms with Crippen molar-refractivity contribution in [1.82, 2.24) is 4.90 Å². The third-order valence-electron chi connectivity index (χ3n) is 6.15. The molecule has 0 saturated carbocycles. The lowest BCUT2D eigenvalue weighted by molar-refractivity contribution is 0.293. The van der Waals surface area contributed by atoms with Gasteiger partial charge in [0.15, 0.2) is 11.5 Å². The van der Waals surface area contributed by atoms with E-state index in [1.54, 1.807) is 14.2 Å². The van der Waals surface area contributed by atoms with Crippen molar-refractivity contribution in [3.8, 4) is 17.6 Å². The molecule has 0 bridgehead atoms. The predicted octanol–water partition coefficient (Wildman–Crippen LogP) is 5.38. The summed E-state index contributed by atoms with van der Waals surface area (Å²) in [6.45, 7) is 8.36. The minimum absolute atomic E-state index is 0.265. The van der Waals surface area contributed by atoms with E-state index in [-0.39, 0.29) is 5.92 Å². The zero-order valence-corrected chi connectivity index (χ0v) is 19.4. The van der Waals surface area contributed by atoms with Gasteiger partial charge in [-0.05, 0) is 74.5 Å². The molecule has 30 heavy (non-hydrogen) atoms. The van der Waals surface area contributed by atoms with Gasteiger partial charge in [0.2, 0.25) is 0 Å². The molecule has 4 heteroatoms. The van der Waals surface area contributed by atoms with Crippen LogP contribution in [0.3, 0.4) is 0 Å². The number of ether oxygens (including phenoxy) is 2. The summed E-state index contributed by atoms with van der Waals surface area (Å²) in [4.78, 5) is 2.34. The van der Waals surface area contributed by atoms with E-state index < -0.39 is 5.41 Å². The van der Waals surface area contributed by atoms with Gasteiger partial charge in [0, 0.05) is 6.54 Å². The molecule has 0 saturated heterocycles. The molecular weight excluding hydrogens is 372 g/mol. The van der Waals surface area contributed by atoms with Crippen molar-refractivity contribution in [2.45, 2.75) is 45.4 Å². The zero-order valence-electron chi connectivity index (χ0n) is 19.4. The number of methoxy groups -OCH3 is 2. The summed E-state index contributed by atoms with van der Waals surface area (Å²) in [7, 11) is 5.47. The molecule has 0 fully saturated rings. The van der Waals surface area contributed by atoms with E-state index in [2.05, 4.69) is 57.0 Å². The van der Waals surface area contributed by atoms with Crippen molar-refractivity contribution < 1.29 is 9.47 Å². The Balaban J connectivity index is 1.96. The van der Waals surface area contributed by atoms with Gasteiger partial charge in [-0.1, -0.05) is 44.2 Å². The maximum Gasteiger partial charge on any atom is 0.160 e. The molecule has 0 heterocycles. The first-order chi connectivity index (χ1) is 14.4. The number of benzene rings is 2. The summed E-state index contributed by atoms with van der Waals surface area (Å²) in [5.74, 6) is 1.79. The third-order valence-corrected chi connectivity index (χ3v) is 6.15. The van der Waals surface area contributed by atoms with E-state index in [4.69, 9.17) is 9.47 Å². The largest absolute Gasteiger partial charge is 0.493 e. The van der Waals surface area contributed by atoms with Gasteiger partial charge in [-0.2, -0.15) is 5.26 Å². The molecule has 162 valence electrons. The first-order valence-corrected chi connectivity index (χ1v) is 10.7. The van der Waals surface area contributed by atoms with Crippen LogP contribution >= 0.6 is 0 Å². The Morgan fingerprint density at radius 1 is 1.03 bits per heavy atom. The van der Waals surface area contributed by atoms with Crippen LogP contribution in [0, 0.1) is 24.2 Å². The Hall–Kier alpha value is -2.51. The smallest absolute Gasteiger partial charge is 0.160 e. The van der Waals surface area contributed by atoms with Gasteiger partial charge in [0.05, 0.1) is 25.7 Å². The summed E-state index contributed by atoms with van der Waals surface area (Å²) < 4.78 is 10.7. The van der Waals surface area contributed by atoms with Crippen LogP contribution in [-0.2, 0) is 11.8 Å². The van der Waals surface area contributed by atoms with Crippen LogP contribution in [0.2, 0.25) is 0 Å². The Morgan fingerprint density at radius 2 is 1.73 bits per heavy atom. The number of hydrogen-bond donors (Lipinski definition) is 0. The van der Waals surface area contributed by atoms with Crippen molar-refractivity contribution in [3.05, 3.63) is 59.2 Å². The van der Waals surface area contributed by atoms with E-state index in [9.17, 15) is 5.26 Å². The second-order valence-corrected chi connectivity index (χ2v) is 8.40. The van der Waals surface area contributed by atoms with Crippen LogP contribution in [0.5, 0.6) is 11.5 Å². The fourth-order valence-electron chi connectivity index (χ4n) is 4.15. The summed E-state index contributed by atoms with van der Waals surface area (Å²) in [6, 6.07) is 17.1. The molecule has 2 rings (SSSR count). The van der Waals surface area contributed by atoms with Gasteiger partial charge in [0.1, 0.15) is 0 Å². The van der Waals surface area contributed by atoms with Crippen LogP contribution in [0.25, 0.3) is 0 Å². The van der Waals surface area contributed by atoms with E-state index in [1.165, 1.54) is 16.7 Å². The molecule has 4 nitrogen and oxygen atoms in total. The maximum absolute atomic E-state index is 10.1. The molecule has 0 N–H and O–H groups in total. The fraction of sp³-hybridized carbons (Fsp3) is 0.500. The lowest BCUT2D eigenvalue weighted by atomic mass is 9.68. The highest BCUT2D eigenvalue weighted by Gasteiger charge is 2.36. The normalized spacial score (nSPS) is 13.2. The molecule has 0 aliphatic heterocycles. The minimum Gasteiger partial charge on any atom is -0.493 e. The SMILES string of the molecule is COc1ccc(CCN(C)CCCC(C#N)(c2ccccc2C)C(C)C)cc1OC. The average Bonchev–Trinajstić information content (AvgIpc) is 2.75. The van der Waals surface area contributed by atoms with Gasteiger partial charge in [0.25, 0.3) is 0 Å². The van der Waals surface area contributed by atoms with Gasteiger partial charge in [-0.25, -0.2) is 0 Å². The van der Waals surface area contributed by atoms with Gasteiger partial charge < -0.3 is 14.4 Å². The number of aryl methyl sites for hydroxylation is 1. The molecular formula is C26H36N2O2. The quantitative estimate of drug-likeness (QED) is 0.500. The molecule has 0 aliphatic rings. The summed E-state index contributed by atoms with van der Waals surface area (Å²) in [5.41, 5.74) is 3.17. The molecule has 2 aromatic rings. The molecule has 2 aromatic carbocycles. The number of rotatable bonds is 11. The molecule has 0 radical (unpaired) electrons.